The average molecular weight is 233 g/mol. The van der Waals surface area contributed by atoms with Gasteiger partial charge in [0.1, 0.15) is 0 Å². The van der Waals surface area contributed by atoms with E-state index in [1.54, 1.807) is 0 Å². The van der Waals surface area contributed by atoms with Crippen molar-refractivity contribution < 1.29 is 0 Å². The molecule has 2 rings (SSSR count). The van der Waals surface area contributed by atoms with Crippen LogP contribution >= 0.6 is 0 Å². The summed E-state index contributed by atoms with van der Waals surface area (Å²) < 4.78 is 0. The number of nitrogens with zero attached hydrogens (tertiary/aromatic N) is 2. The van der Waals surface area contributed by atoms with Gasteiger partial charge in [0.15, 0.2) is 0 Å². The van der Waals surface area contributed by atoms with Crippen LogP contribution < -0.4 is 10.6 Å². The van der Waals surface area contributed by atoms with Crippen molar-refractivity contribution in [2.24, 2.45) is 0 Å². The lowest BCUT2D eigenvalue weighted by Gasteiger charge is -2.34. The van der Waals surface area contributed by atoms with Crippen LogP contribution in [0.25, 0.3) is 0 Å². The highest BCUT2D eigenvalue weighted by Crippen LogP contribution is 2.26. The highest BCUT2D eigenvalue weighted by Gasteiger charge is 2.15. The molecule has 0 bridgehead atoms. The summed E-state index contributed by atoms with van der Waals surface area (Å²) in [5, 5.41) is 0. The maximum atomic E-state index is 6.09. The normalized spacial score (nSPS) is 17.5. The molecule has 0 aromatic heterocycles. The second-order valence-electron chi connectivity index (χ2n) is 4.98. The number of hydrogen-bond donors (Lipinski definition) is 1. The van der Waals surface area contributed by atoms with E-state index in [9.17, 15) is 0 Å². The summed E-state index contributed by atoms with van der Waals surface area (Å²) in [5.41, 5.74) is 10.9. The lowest BCUT2D eigenvalue weighted by molar-refractivity contribution is 0.313. The van der Waals surface area contributed by atoms with Crippen molar-refractivity contribution in [2.75, 3.05) is 43.9 Å². The van der Waals surface area contributed by atoms with Gasteiger partial charge < -0.3 is 15.5 Å². The third-order valence-electron chi connectivity index (χ3n) is 3.71. The van der Waals surface area contributed by atoms with Gasteiger partial charge in [0.25, 0.3) is 0 Å². The van der Waals surface area contributed by atoms with Crippen LogP contribution in [0.4, 0.5) is 11.4 Å². The van der Waals surface area contributed by atoms with E-state index in [1.807, 2.05) is 0 Å². The first-order valence-electron chi connectivity index (χ1n) is 6.44. The number of rotatable bonds is 2. The monoisotopic (exact) mass is 233 g/mol. The maximum absolute atomic E-state index is 6.09. The quantitative estimate of drug-likeness (QED) is 0.792. The van der Waals surface area contributed by atoms with E-state index in [-0.39, 0.29) is 0 Å². The molecule has 94 valence electrons. The molecule has 0 amide bonds. The summed E-state index contributed by atoms with van der Waals surface area (Å²) in [6.07, 6.45) is 1.01. The van der Waals surface area contributed by atoms with Gasteiger partial charge in [0, 0.05) is 37.6 Å². The molecule has 0 aliphatic carbocycles. The third kappa shape index (κ3) is 2.55. The van der Waals surface area contributed by atoms with E-state index in [1.165, 1.54) is 16.8 Å². The van der Waals surface area contributed by atoms with E-state index >= 15 is 0 Å². The Morgan fingerprint density at radius 3 is 2.41 bits per heavy atom. The Bertz CT molecular complexity index is 393. The number of benzene rings is 1. The second kappa shape index (κ2) is 4.96. The van der Waals surface area contributed by atoms with Crippen LogP contribution in [0, 0.1) is 6.92 Å². The molecule has 1 fully saturated rings. The van der Waals surface area contributed by atoms with E-state index < -0.39 is 0 Å². The first-order valence-corrected chi connectivity index (χ1v) is 6.44. The average Bonchev–Trinajstić information content (AvgIpc) is 2.33. The molecular formula is C14H23N3. The van der Waals surface area contributed by atoms with Gasteiger partial charge in [-0.25, -0.2) is 0 Å². The molecule has 0 unspecified atom stereocenters. The molecule has 3 heteroatoms. The summed E-state index contributed by atoms with van der Waals surface area (Å²) in [6.45, 7) is 8.79. The fraction of sp³-hybridized carbons (Fsp3) is 0.571. The smallest absolute Gasteiger partial charge is 0.0377 e. The minimum Gasteiger partial charge on any atom is -0.398 e. The van der Waals surface area contributed by atoms with E-state index in [4.69, 9.17) is 5.73 Å². The van der Waals surface area contributed by atoms with Gasteiger partial charge >= 0.3 is 0 Å². The summed E-state index contributed by atoms with van der Waals surface area (Å²) in [7, 11) is 2.18. The molecule has 1 aromatic rings. The summed E-state index contributed by atoms with van der Waals surface area (Å²) in [5.74, 6) is 0. The van der Waals surface area contributed by atoms with E-state index in [0.717, 1.165) is 38.3 Å². The standard InChI is InChI=1S/C14H23N3/c1-4-12-10-13(9-11(2)14(12)15)17-7-5-16(3)6-8-17/h9-10H,4-8,15H2,1-3H3. The zero-order chi connectivity index (χ0) is 12.4. The van der Waals surface area contributed by atoms with Crippen LogP contribution in [0.1, 0.15) is 18.1 Å². The predicted molar refractivity (Wildman–Crippen MR) is 74.7 cm³/mol. The molecule has 1 aliphatic heterocycles. The van der Waals surface area contributed by atoms with E-state index in [0.29, 0.717) is 0 Å². The fourth-order valence-electron chi connectivity index (χ4n) is 2.39. The molecule has 0 atom stereocenters. The number of hydrogen-bond acceptors (Lipinski definition) is 3. The lowest BCUT2D eigenvalue weighted by atomic mass is 10.0. The molecule has 1 saturated heterocycles. The number of anilines is 2. The van der Waals surface area contributed by atoms with Crippen molar-refractivity contribution >= 4 is 11.4 Å². The molecule has 17 heavy (non-hydrogen) atoms. The minimum atomic E-state index is 0.963. The topological polar surface area (TPSA) is 32.5 Å². The van der Waals surface area contributed by atoms with Crippen molar-refractivity contribution in [1.82, 2.24) is 4.90 Å². The Morgan fingerprint density at radius 2 is 1.82 bits per heavy atom. The molecule has 0 saturated carbocycles. The van der Waals surface area contributed by atoms with Gasteiger partial charge in [-0.15, -0.1) is 0 Å². The molecule has 1 aromatic carbocycles. The Kier molecular flexibility index (Phi) is 3.57. The lowest BCUT2D eigenvalue weighted by Crippen LogP contribution is -2.44. The van der Waals surface area contributed by atoms with Gasteiger partial charge in [-0.1, -0.05) is 6.92 Å². The second-order valence-corrected chi connectivity index (χ2v) is 4.98. The summed E-state index contributed by atoms with van der Waals surface area (Å²) in [6, 6.07) is 4.48. The first-order chi connectivity index (χ1) is 8.11. The molecule has 0 spiro atoms. The number of piperazine rings is 1. The molecule has 3 nitrogen and oxygen atoms in total. The van der Waals surface area contributed by atoms with Crippen molar-refractivity contribution in [3.8, 4) is 0 Å². The molecular weight excluding hydrogens is 210 g/mol. The van der Waals surface area contributed by atoms with Gasteiger partial charge in [0.2, 0.25) is 0 Å². The largest absolute Gasteiger partial charge is 0.398 e. The van der Waals surface area contributed by atoms with Crippen molar-refractivity contribution in [3.63, 3.8) is 0 Å². The SMILES string of the molecule is CCc1cc(N2CCN(C)CC2)cc(C)c1N. The van der Waals surface area contributed by atoms with Gasteiger partial charge in [0.05, 0.1) is 0 Å². The molecule has 2 N–H and O–H groups in total. The first kappa shape index (κ1) is 12.2. The van der Waals surface area contributed by atoms with Crippen molar-refractivity contribution in [3.05, 3.63) is 23.3 Å². The Morgan fingerprint density at radius 1 is 1.18 bits per heavy atom. The van der Waals surface area contributed by atoms with Crippen LogP contribution in [0.2, 0.25) is 0 Å². The van der Waals surface area contributed by atoms with Gasteiger partial charge in [-0.2, -0.15) is 0 Å². The molecule has 0 radical (unpaired) electrons. The summed E-state index contributed by atoms with van der Waals surface area (Å²) >= 11 is 0. The Balaban J connectivity index is 2.24. The Hall–Kier alpha value is -1.22. The number of aryl methyl sites for hydroxylation is 2. The third-order valence-corrected chi connectivity index (χ3v) is 3.71. The van der Waals surface area contributed by atoms with Crippen LogP contribution in [-0.2, 0) is 6.42 Å². The zero-order valence-electron chi connectivity index (χ0n) is 11.2. The highest BCUT2D eigenvalue weighted by atomic mass is 15.2. The van der Waals surface area contributed by atoms with Gasteiger partial charge in [-0.05, 0) is 43.7 Å². The predicted octanol–water partition coefficient (Wildman–Crippen LogP) is 1.89. The zero-order valence-corrected chi connectivity index (χ0v) is 11.2. The van der Waals surface area contributed by atoms with Crippen molar-refractivity contribution in [1.29, 1.82) is 0 Å². The van der Waals surface area contributed by atoms with Crippen LogP contribution in [-0.4, -0.2) is 38.1 Å². The number of nitrogen functional groups attached to an aromatic ring is 1. The fourth-order valence-corrected chi connectivity index (χ4v) is 2.39. The van der Waals surface area contributed by atoms with E-state index in [2.05, 4.69) is 42.8 Å². The highest BCUT2D eigenvalue weighted by molar-refractivity contribution is 5.63. The van der Waals surface area contributed by atoms with Crippen LogP contribution in [0.5, 0.6) is 0 Å². The Labute approximate surface area is 104 Å². The number of nitrogens with two attached hydrogens (primary N) is 1. The van der Waals surface area contributed by atoms with Gasteiger partial charge in [-0.3, -0.25) is 0 Å². The van der Waals surface area contributed by atoms with Crippen molar-refractivity contribution in [2.45, 2.75) is 20.3 Å². The number of likely N-dealkylation sites (N-methyl/N-ethyl adjacent to an activating group) is 1. The summed E-state index contributed by atoms with van der Waals surface area (Å²) in [4.78, 5) is 4.84. The van der Waals surface area contributed by atoms with Crippen LogP contribution in [0.3, 0.4) is 0 Å². The molecule has 1 heterocycles. The van der Waals surface area contributed by atoms with Crippen LogP contribution in [0.15, 0.2) is 12.1 Å². The molecule has 1 aliphatic rings. The maximum Gasteiger partial charge on any atom is 0.0377 e. The minimum absolute atomic E-state index is 0.963.